The van der Waals surface area contributed by atoms with Crippen molar-refractivity contribution in [2.24, 2.45) is 0 Å². The van der Waals surface area contributed by atoms with Gasteiger partial charge in [0.1, 0.15) is 30.0 Å². The van der Waals surface area contributed by atoms with E-state index in [0.717, 1.165) is 18.2 Å². The number of fused-ring (bicyclic) bond motifs is 6. The fourth-order valence-electron chi connectivity index (χ4n) is 11.8. The van der Waals surface area contributed by atoms with Gasteiger partial charge >= 0.3 is 29.8 Å². The summed E-state index contributed by atoms with van der Waals surface area (Å²) >= 11 is 0. The van der Waals surface area contributed by atoms with Gasteiger partial charge in [0.05, 0.1) is 45.8 Å². The van der Waals surface area contributed by atoms with E-state index in [-0.39, 0.29) is 11.6 Å². The third-order valence-corrected chi connectivity index (χ3v) is 15.8. The maximum absolute atomic E-state index is 15.4. The summed E-state index contributed by atoms with van der Waals surface area (Å²) in [5, 5.41) is 212. The number of ether oxygens (including phenoxy) is 7. The van der Waals surface area contributed by atoms with Crippen LogP contribution < -0.4 is 9.47 Å². The van der Waals surface area contributed by atoms with E-state index in [1.165, 1.54) is 0 Å². The number of aliphatic hydroxyl groups excluding tert-OH is 1. The fraction of sp³-hybridized carbons (Fsp3) is 0.214. The molecule has 12 rings (SSSR count). The molecule has 2 bridgehead atoms. The molecular weight excluding hydrogens is 1180 g/mol. The molecule has 0 amide bonds. The summed E-state index contributed by atoms with van der Waals surface area (Å²) in [6.07, 6.45) is -16.0. The van der Waals surface area contributed by atoms with Crippen LogP contribution in [-0.4, -0.2) is 181 Å². The smallest absolute Gasteiger partial charge is 0.339 e. The third kappa shape index (κ3) is 7.99. The number of aromatic hydroxyl groups is 15. The van der Waals surface area contributed by atoms with Gasteiger partial charge in [-0.2, -0.15) is 0 Å². The van der Waals surface area contributed by atoms with Crippen molar-refractivity contribution >= 4 is 35.6 Å². The molecule has 88 heavy (non-hydrogen) atoms. The Hall–Kier alpha value is -11.5. The Bertz CT molecular complexity index is 4210. The number of hydrogen-bond donors (Lipinski definition) is 19. The van der Waals surface area contributed by atoms with Gasteiger partial charge in [0.15, 0.2) is 87.7 Å². The second-order valence-electron chi connectivity index (χ2n) is 20.8. The predicted octanol–water partition coefficient (Wildman–Crippen LogP) is 0.569. The van der Waals surface area contributed by atoms with Crippen molar-refractivity contribution in [3.05, 3.63) is 110 Å². The van der Waals surface area contributed by atoms with Gasteiger partial charge < -0.3 is 130 Å². The number of benzene rings is 6. The van der Waals surface area contributed by atoms with Gasteiger partial charge in [-0.1, -0.05) is 6.07 Å². The van der Waals surface area contributed by atoms with Crippen molar-refractivity contribution in [1.82, 2.24) is 0 Å². The third-order valence-electron chi connectivity index (χ3n) is 15.8. The van der Waals surface area contributed by atoms with Crippen LogP contribution >= 0.6 is 0 Å². The summed E-state index contributed by atoms with van der Waals surface area (Å²) in [6.45, 7) is -1.65. The van der Waals surface area contributed by atoms with E-state index < -0.39 is 268 Å². The molecule has 456 valence electrons. The fourth-order valence-corrected chi connectivity index (χ4v) is 11.8. The average molecular weight is 1220 g/mol. The summed E-state index contributed by atoms with van der Waals surface area (Å²) in [5.74, 6) is -46.4. The molecule has 0 fully saturated rings. The van der Waals surface area contributed by atoms with Crippen LogP contribution in [0.5, 0.6) is 97.7 Å². The molecule has 6 aromatic carbocycles. The number of rotatable bonds is 5. The molecule has 0 spiro atoms. The lowest BCUT2D eigenvalue weighted by molar-refractivity contribution is -0.324. The summed E-state index contributed by atoms with van der Waals surface area (Å²) in [6, 6.07) is 5.52. The number of Topliss-reactive ketones (excluding diaryl/α,β-unsaturated/α-hetero) is 1. The molecule has 0 radical (unpaired) electrons. The zero-order chi connectivity index (χ0) is 63.6. The largest absolute Gasteiger partial charge is 0.507 e. The molecule has 0 aromatic heterocycles. The predicted molar refractivity (Wildman–Crippen MR) is 274 cm³/mol. The Morgan fingerprint density at radius 2 is 1.06 bits per heavy atom. The van der Waals surface area contributed by atoms with Crippen LogP contribution in [0.3, 0.4) is 0 Å². The van der Waals surface area contributed by atoms with Crippen LogP contribution in [0.25, 0.3) is 11.1 Å². The van der Waals surface area contributed by atoms with Crippen LogP contribution in [0.1, 0.15) is 81.6 Å². The minimum Gasteiger partial charge on any atom is -0.507 e. The molecule has 19 N–H and O–H groups in total. The highest BCUT2D eigenvalue weighted by Crippen LogP contribution is 2.65. The summed E-state index contributed by atoms with van der Waals surface area (Å²) in [7, 11) is 0. The summed E-state index contributed by atoms with van der Waals surface area (Å²) in [4.78, 5) is 90.4. The Morgan fingerprint density at radius 3 is 1.68 bits per heavy atom. The number of phenols is 15. The van der Waals surface area contributed by atoms with Crippen LogP contribution in [0.2, 0.25) is 0 Å². The lowest BCUT2D eigenvalue weighted by Gasteiger charge is -2.49. The molecule has 32 heteroatoms. The van der Waals surface area contributed by atoms with Crippen molar-refractivity contribution in [2.45, 2.75) is 66.5 Å². The van der Waals surface area contributed by atoms with Crippen molar-refractivity contribution in [3.63, 3.8) is 0 Å². The van der Waals surface area contributed by atoms with Crippen molar-refractivity contribution in [1.29, 1.82) is 0 Å². The molecule has 6 aliphatic rings. The number of phenolic OH excluding ortho intramolecular Hbond substituents is 15. The summed E-state index contributed by atoms with van der Waals surface area (Å²) in [5.41, 5.74) is -12.2. The monoisotopic (exact) mass is 1220 g/mol. The number of carbonyl (C=O) groups is 6. The second-order valence-corrected chi connectivity index (χ2v) is 20.8. The number of cyclic esters (lactones) is 3. The van der Waals surface area contributed by atoms with Crippen LogP contribution in [0, 0.1) is 0 Å². The Balaban J connectivity index is 1.17. The van der Waals surface area contributed by atoms with Crippen molar-refractivity contribution in [2.75, 3.05) is 6.61 Å². The number of aliphatic hydroxyl groups is 4. The average Bonchev–Trinajstić information content (AvgIpc) is 1.37. The first-order valence-corrected chi connectivity index (χ1v) is 25.4. The molecule has 32 nitrogen and oxygen atoms in total. The van der Waals surface area contributed by atoms with E-state index in [9.17, 15) is 107 Å². The molecule has 5 heterocycles. The van der Waals surface area contributed by atoms with Crippen LogP contribution in [-0.2, 0) is 39.7 Å². The lowest BCUT2D eigenvalue weighted by atomic mass is 9.64. The van der Waals surface area contributed by atoms with E-state index in [4.69, 9.17) is 33.2 Å². The van der Waals surface area contributed by atoms with E-state index in [2.05, 4.69) is 0 Å². The molecule has 1 aliphatic carbocycles. The molecule has 0 unspecified atom stereocenters. The minimum absolute atomic E-state index is 0.167. The zero-order valence-corrected chi connectivity index (χ0v) is 43.5. The van der Waals surface area contributed by atoms with Gasteiger partial charge in [0.25, 0.3) is 11.6 Å². The van der Waals surface area contributed by atoms with Gasteiger partial charge in [0.2, 0.25) is 23.0 Å². The standard InChI is InChI=1S/C56H40O32/c57-18-2-1-12(3-20(18)59)43-27(66)6-14-19(58)10-21(60)32(44(14)84-43)33-34-35-36-31-17(9-26(65)40(70)46(31)88-56(36,81)55(79,80)49(34)73)53(77)87-48(47(33)86-54(35)78)45-28(83-50(74)13-4-22(61)37(67)23(62)5-13)11-82-51(75)15-7-24(63)38(68)41(71)29(15)30-16(52(76)85-45)8-25(64)39(69)42(30)72/h1-5,7-10,27-28,33,36,43,45,47-48,57-72,79-81H,6,11H2/t27-,28+,33+,36-,43+,45+,47-,48-,56-/m0/s1. The van der Waals surface area contributed by atoms with Crippen LogP contribution in [0.15, 0.2) is 65.7 Å². The zero-order valence-electron chi connectivity index (χ0n) is 43.5. The highest BCUT2D eigenvalue weighted by atomic mass is 16.7. The van der Waals surface area contributed by atoms with E-state index in [0.29, 0.717) is 30.3 Å². The number of hydrogen-bond acceptors (Lipinski definition) is 32. The lowest BCUT2D eigenvalue weighted by Crippen LogP contribution is -2.69. The molecule has 0 saturated carbocycles. The quantitative estimate of drug-likeness (QED) is 0.0485. The Labute approximate surface area is 485 Å². The van der Waals surface area contributed by atoms with Crippen molar-refractivity contribution < 1.29 is 159 Å². The van der Waals surface area contributed by atoms with E-state index in [1.54, 1.807) is 0 Å². The normalized spacial score (nSPS) is 24.8. The van der Waals surface area contributed by atoms with Gasteiger partial charge in [0, 0.05) is 45.9 Å². The number of carbonyl (C=O) groups excluding carboxylic acids is 6. The highest BCUT2D eigenvalue weighted by Gasteiger charge is 2.75. The van der Waals surface area contributed by atoms with Gasteiger partial charge in [-0.25, -0.2) is 24.0 Å². The first-order chi connectivity index (χ1) is 41.4. The van der Waals surface area contributed by atoms with E-state index in [1.807, 2.05) is 0 Å². The highest BCUT2D eigenvalue weighted by molar-refractivity contribution is 6.14. The first kappa shape index (κ1) is 57.0. The van der Waals surface area contributed by atoms with Gasteiger partial charge in [-0.3, -0.25) is 4.79 Å². The first-order valence-electron chi connectivity index (χ1n) is 25.4. The Morgan fingerprint density at radius 1 is 0.500 bits per heavy atom. The number of esters is 5. The Kier molecular flexibility index (Phi) is 12.5. The maximum Gasteiger partial charge on any atom is 0.339 e. The number of ketones is 1. The van der Waals surface area contributed by atoms with Gasteiger partial charge in [-0.15, -0.1) is 0 Å². The molecular formula is C56H40O32. The second kappa shape index (κ2) is 19.3. The SMILES string of the molecule is O=C1O[C@@H]2[C@H]([C@@H]3OC(=O)c4cc(O)c(O)c(O)c4-c4c(cc(O)c(O)c4O)C(=O)OC[C@H]3OC(=O)c3cc(O)c(O)c(O)c3)OC(=O)c3cc(O)c(O)c4c3[C@H]3C1=C(C(=O)C(O)(O)[C@@]3(O)O4)[C@H]2c1c(O)cc(O)c2c1O[C@H](c1ccc(O)c(O)c1)[C@@H](O)C2. The molecule has 9 atom stereocenters. The summed E-state index contributed by atoms with van der Waals surface area (Å²) < 4.78 is 41.1. The maximum atomic E-state index is 15.4. The molecule has 6 aromatic rings. The molecule has 5 aliphatic heterocycles. The minimum atomic E-state index is -4.44. The van der Waals surface area contributed by atoms with E-state index >= 15 is 19.2 Å². The topological polar surface area (TPSA) is 551 Å². The van der Waals surface area contributed by atoms with Gasteiger partial charge in [-0.05, 0) is 48.0 Å². The van der Waals surface area contributed by atoms with Crippen molar-refractivity contribution in [3.8, 4) is 109 Å². The molecule has 0 saturated heterocycles. The van der Waals surface area contributed by atoms with Crippen LogP contribution in [0.4, 0.5) is 0 Å².